The van der Waals surface area contributed by atoms with Crippen molar-refractivity contribution in [2.45, 2.75) is 0 Å². The molecule has 1 aromatic carbocycles. The second kappa shape index (κ2) is 4.17. The van der Waals surface area contributed by atoms with E-state index in [4.69, 9.17) is 9.84 Å². The molecule has 0 aliphatic carbocycles. The van der Waals surface area contributed by atoms with E-state index in [9.17, 15) is 9.59 Å². The van der Waals surface area contributed by atoms with Gasteiger partial charge in [0, 0.05) is 5.56 Å². The minimum Gasteiger partial charge on any atom is -0.496 e. The van der Waals surface area contributed by atoms with Gasteiger partial charge in [0.2, 0.25) is 0 Å². The quantitative estimate of drug-likeness (QED) is 0.837. The molecule has 1 aromatic heterocycles. The molecule has 2 aromatic rings. The van der Waals surface area contributed by atoms with Gasteiger partial charge < -0.3 is 14.4 Å². The van der Waals surface area contributed by atoms with Gasteiger partial charge in [-0.2, -0.15) is 0 Å². The van der Waals surface area contributed by atoms with Crippen LogP contribution < -0.4 is 10.4 Å². The maximum Gasteiger partial charge on any atom is 0.366 e. The number of nitrogens with one attached hydrogen (secondary N) is 1. The molecule has 0 aliphatic heterocycles. The first-order valence-corrected chi connectivity index (χ1v) is 4.73. The number of benzene rings is 1. The molecule has 0 bridgehead atoms. The monoisotopic (exact) mass is 235 g/mol. The lowest BCUT2D eigenvalue weighted by molar-refractivity contribution is 0.0686. The van der Waals surface area contributed by atoms with Crippen LogP contribution in [0.15, 0.2) is 33.6 Å². The zero-order chi connectivity index (χ0) is 12.4. The van der Waals surface area contributed by atoms with E-state index in [1.807, 2.05) is 0 Å². The van der Waals surface area contributed by atoms with Crippen molar-refractivity contribution in [3.8, 4) is 16.9 Å². The number of methoxy groups -OCH3 is 1. The molecule has 1 heterocycles. The zero-order valence-corrected chi connectivity index (χ0v) is 8.89. The molecule has 0 atom stereocenters. The third-order valence-corrected chi connectivity index (χ3v) is 2.29. The van der Waals surface area contributed by atoms with Crippen LogP contribution in [0.25, 0.3) is 11.1 Å². The minimum absolute atomic E-state index is 0.0463. The van der Waals surface area contributed by atoms with Crippen LogP contribution in [-0.4, -0.2) is 23.3 Å². The summed E-state index contributed by atoms with van der Waals surface area (Å²) in [6, 6.07) is 6.62. The predicted octanol–water partition coefficient (Wildman–Crippen LogP) is 1.34. The highest BCUT2D eigenvalue weighted by Gasteiger charge is 2.22. The van der Waals surface area contributed by atoms with Gasteiger partial charge in [-0.05, 0) is 6.07 Å². The van der Waals surface area contributed by atoms with Crippen LogP contribution in [0.4, 0.5) is 0 Å². The van der Waals surface area contributed by atoms with Crippen molar-refractivity contribution in [3.63, 3.8) is 0 Å². The Hall–Kier alpha value is -2.50. The number of aromatic nitrogens is 1. The number of carboxylic acids is 1. The van der Waals surface area contributed by atoms with E-state index < -0.39 is 11.6 Å². The van der Waals surface area contributed by atoms with Gasteiger partial charge in [0.1, 0.15) is 11.3 Å². The number of hydrogen-bond acceptors (Lipinski definition) is 4. The standard InChI is InChI=1S/C11H9NO5/c1-16-7-5-3-2-4-6(7)8-9(10(13)14)12-17-11(8)15/h2-5,12H,1H3,(H,13,14). The smallest absolute Gasteiger partial charge is 0.366 e. The highest BCUT2D eigenvalue weighted by molar-refractivity contribution is 5.94. The van der Waals surface area contributed by atoms with E-state index in [1.165, 1.54) is 7.11 Å². The molecule has 0 unspecified atom stereocenters. The van der Waals surface area contributed by atoms with Gasteiger partial charge >= 0.3 is 11.6 Å². The van der Waals surface area contributed by atoms with Gasteiger partial charge in [-0.15, -0.1) is 0 Å². The van der Waals surface area contributed by atoms with Crippen LogP contribution in [0.1, 0.15) is 10.5 Å². The molecule has 17 heavy (non-hydrogen) atoms. The summed E-state index contributed by atoms with van der Waals surface area (Å²) in [5.41, 5.74) is -0.705. The molecule has 88 valence electrons. The van der Waals surface area contributed by atoms with Crippen LogP contribution in [0.3, 0.4) is 0 Å². The molecule has 2 rings (SSSR count). The lowest BCUT2D eigenvalue weighted by atomic mass is 10.1. The average molecular weight is 235 g/mol. The van der Waals surface area contributed by atoms with Gasteiger partial charge in [0.25, 0.3) is 0 Å². The van der Waals surface area contributed by atoms with Crippen LogP contribution >= 0.6 is 0 Å². The van der Waals surface area contributed by atoms with E-state index in [-0.39, 0.29) is 11.3 Å². The molecule has 0 saturated heterocycles. The second-order valence-corrected chi connectivity index (χ2v) is 3.25. The predicted molar refractivity (Wildman–Crippen MR) is 58.3 cm³/mol. The summed E-state index contributed by atoms with van der Waals surface area (Å²) < 4.78 is 9.57. The van der Waals surface area contributed by atoms with Gasteiger partial charge in [0.05, 0.1) is 7.11 Å². The number of carboxylic acid groups (broad SMARTS) is 1. The van der Waals surface area contributed by atoms with E-state index in [2.05, 4.69) is 9.68 Å². The van der Waals surface area contributed by atoms with Crippen LogP contribution in [0, 0.1) is 0 Å². The zero-order valence-electron chi connectivity index (χ0n) is 8.89. The summed E-state index contributed by atoms with van der Waals surface area (Å²) in [5.74, 6) is -0.862. The first kappa shape index (κ1) is 11.0. The summed E-state index contributed by atoms with van der Waals surface area (Å²) in [6.45, 7) is 0. The van der Waals surface area contributed by atoms with Gasteiger partial charge in [-0.25, -0.2) is 14.7 Å². The topological polar surface area (TPSA) is 92.5 Å². The second-order valence-electron chi connectivity index (χ2n) is 3.25. The Morgan fingerprint density at radius 1 is 1.41 bits per heavy atom. The molecule has 0 amide bonds. The fraction of sp³-hybridized carbons (Fsp3) is 0.0909. The number of aromatic amines is 1. The van der Waals surface area contributed by atoms with Crippen LogP contribution in [-0.2, 0) is 0 Å². The van der Waals surface area contributed by atoms with Crippen molar-refractivity contribution >= 4 is 5.97 Å². The number of carbonyl (C=O) groups is 1. The number of ether oxygens (including phenoxy) is 1. The molecule has 0 aliphatic rings. The maximum absolute atomic E-state index is 11.5. The van der Waals surface area contributed by atoms with Crippen LogP contribution in [0.2, 0.25) is 0 Å². The van der Waals surface area contributed by atoms with Gasteiger partial charge in [-0.3, -0.25) is 0 Å². The lowest BCUT2D eigenvalue weighted by Crippen LogP contribution is -2.04. The molecule has 0 saturated carbocycles. The fourth-order valence-corrected chi connectivity index (χ4v) is 1.55. The number of rotatable bonds is 3. The Morgan fingerprint density at radius 3 is 2.76 bits per heavy atom. The van der Waals surface area contributed by atoms with E-state index >= 15 is 0 Å². The summed E-state index contributed by atoms with van der Waals surface area (Å²) in [5, 5.41) is 11.0. The third kappa shape index (κ3) is 1.80. The number of aromatic carboxylic acids is 1. The Labute approximate surface area is 95.4 Å². The first-order chi connectivity index (χ1) is 8.15. The SMILES string of the molecule is COc1ccccc1-c1c(C(=O)O)[nH]oc1=O. The Bertz CT molecular complexity index is 610. The Kier molecular flexibility index (Phi) is 2.70. The molecule has 2 N–H and O–H groups in total. The highest BCUT2D eigenvalue weighted by Crippen LogP contribution is 2.29. The summed E-state index contributed by atoms with van der Waals surface area (Å²) >= 11 is 0. The van der Waals surface area contributed by atoms with Gasteiger partial charge in [-0.1, -0.05) is 18.2 Å². The third-order valence-electron chi connectivity index (χ3n) is 2.29. The Morgan fingerprint density at radius 2 is 2.12 bits per heavy atom. The van der Waals surface area contributed by atoms with Crippen molar-refractivity contribution in [1.29, 1.82) is 0 Å². The summed E-state index contributed by atoms with van der Waals surface area (Å²) in [6.07, 6.45) is 0. The van der Waals surface area contributed by atoms with Crippen molar-refractivity contribution in [2.24, 2.45) is 0 Å². The lowest BCUT2D eigenvalue weighted by Gasteiger charge is -2.05. The minimum atomic E-state index is -1.27. The molecule has 0 radical (unpaired) electrons. The van der Waals surface area contributed by atoms with E-state index in [0.717, 1.165) is 0 Å². The number of para-hydroxylation sites is 1. The number of H-pyrrole nitrogens is 1. The van der Waals surface area contributed by atoms with Crippen molar-refractivity contribution in [3.05, 3.63) is 40.4 Å². The normalized spacial score (nSPS) is 10.2. The fourth-order valence-electron chi connectivity index (χ4n) is 1.55. The molecular weight excluding hydrogens is 226 g/mol. The molecule has 0 spiro atoms. The van der Waals surface area contributed by atoms with Crippen LogP contribution in [0.5, 0.6) is 5.75 Å². The van der Waals surface area contributed by atoms with E-state index in [1.54, 1.807) is 24.3 Å². The summed E-state index contributed by atoms with van der Waals surface area (Å²) in [4.78, 5) is 22.4. The molecule has 0 fully saturated rings. The summed E-state index contributed by atoms with van der Waals surface area (Å²) in [7, 11) is 1.44. The number of hydrogen-bond donors (Lipinski definition) is 2. The van der Waals surface area contributed by atoms with Crippen molar-refractivity contribution in [1.82, 2.24) is 5.16 Å². The van der Waals surface area contributed by atoms with E-state index in [0.29, 0.717) is 11.3 Å². The average Bonchev–Trinajstić information content (AvgIpc) is 2.71. The Balaban J connectivity index is 2.72. The van der Waals surface area contributed by atoms with Crippen molar-refractivity contribution < 1.29 is 19.2 Å². The highest BCUT2D eigenvalue weighted by atomic mass is 16.5. The molecular formula is C11H9NO5. The molecule has 6 nitrogen and oxygen atoms in total. The molecule has 6 heteroatoms. The van der Waals surface area contributed by atoms with Gasteiger partial charge in [0.15, 0.2) is 5.69 Å². The largest absolute Gasteiger partial charge is 0.496 e. The maximum atomic E-state index is 11.5. The van der Waals surface area contributed by atoms with Crippen molar-refractivity contribution in [2.75, 3.05) is 7.11 Å². The first-order valence-electron chi connectivity index (χ1n) is 4.73.